The van der Waals surface area contributed by atoms with Crippen LogP contribution in [0.25, 0.3) is 5.69 Å². The largest absolute Gasteiger partial charge is 0.497 e. The number of hydrogen-bond donors (Lipinski definition) is 0. The quantitative estimate of drug-likeness (QED) is 0.746. The number of benzene rings is 1. The zero-order chi connectivity index (χ0) is 12.3. The number of carbonyl (C=O) groups is 1. The highest BCUT2D eigenvalue weighted by Crippen LogP contribution is 2.20. The van der Waals surface area contributed by atoms with Crippen LogP contribution in [0.5, 0.6) is 5.75 Å². The third kappa shape index (κ3) is 2.01. The maximum Gasteiger partial charge on any atom is 0.153 e. The minimum atomic E-state index is 0.455. The van der Waals surface area contributed by atoms with Crippen molar-refractivity contribution in [2.24, 2.45) is 0 Å². The summed E-state index contributed by atoms with van der Waals surface area (Å²) in [4.78, 5) is 10.6. The highest BCUT2D eigenvalue weighted by Gasteiger charge is 2.07. The van der Waals surface area contributed by atoms with E-state index in [-0.39, 0.29) is 0 Å². The lowest BCUT2D eigenvalue weighted by molar-refractivity contribution is 0.112. The van der Waals surface area contributed by atoms with E-state index in [1.165, 1.54) is 10.9 Å². The van der Waals surface area contributed by atoms with Crippen molar-refractivity contribution in [1.29, 1.82) is 5.26 Å². The maximum atomic E-state index is 10.6. The first-order valence-electron chi connectivity index (χ1n) is 4.87. The van der Waals surface area contributed by atoms with Crippen molar-refractivity contribution in [2.75, 3.05) is 7.11 Å². The van der Waals surface area contributed by atoms with Gasteiger partial charge >= 0.3 is 0 Å². The summed E-state index contributed by atoms with van der Waals surface area (Å²) in [5, 5.41) is 13.0. The molecule has 2 aromatic rings. The lowest BCUT2D eigenvalue weighted by atomic mass is 10.2. The van der Waals surface area contributed by atoms with Gasteiger partial charge in [0.05, 0.1) is 30.1 Å². The molecule has 0 fully saturated rings. The van der Waals surface area contributed by atoms with Gasteiger partial charge in [0.15, 0.2) is 6.29 Å². The first-order valence-corrected chi connectivity index (χ1v) is 4.87. The van der Waals surface area contributed by atoms with E-state index in [4.69, 9.17) is 10.00 Å². The van der Waals surface area contributed by atoms with Gasteiger partial charge in [0, 0.05) is 12.3 Å². The van der Waals surface area contributed by atoms with Gasteiger partial charge in [-0.1, -0.05) is 0 Å². The summed E-state index contributed by atoms with van der Waals surface area (Å²) in [6, 6.07) is 7.11. The lowest BCUT2D eigenvalue weighted by Gasteiger charge is -2.06. The second-order valence-corrected chi connectivity index (χ2v) is 3.33. The molecule has 5 heteroatoms. The van der Waals surface area contributed by atoms with Gasteiger partial charge in [-0.3, -0.25) is 4.79 Å². The van der Waals surface area contributed by atoms with Gasteiger partial charge in [-0.15, -0.1) is 0 Å². The van der Waals surface area contributed by atoms with Crippen LogP contribution in [0.3, 0.4) is 0 Å². The molecular formula is C12H9N3O2. The second kappa shape index (κ2) is 4.49. The van der Waals surface area contributed by atoms with Crippen LogP contribution in [0.15, 0.2) is 30.6 Å². The molecule has 0 spiro atoms. The van der Waals surface area contributed by atoms with Gasteiger partial charge < -0.3 is 4.74 Å². The second-order valence-electron chi connectivity index (χ2n) is 3.33. The third-order valence-electron chi connectivity index (χ3n) is 2.31. The Bertz CT molecular complexity index is 596. The first-order chi connectivity index (χ1) is 8.28. The van der Waals surface area contributed by atoms with Crippen molar-refractivity contribution in [2.45, 2.75) is 0 Å². The van der Waals surface area contributed by atoms with Gasteiger partial charge in [0.1, 0.15) is 11.8 Å². The molecular weight excluding hydrogens is 218 g/mol. The number of carbonyl (C=O) groups excluding carboxylic acids is 1. The number of aromatic nitrogens is 2. The Morgan fingerprint density at radius 1 is 1.53 bits per heavy atom. The number of nitrogens with zero attached hydrogens (tertiary/aromatic N) is 3. The van der Waals surface area contributed by atoms with E-state index in [1.807, 2.05) is 0 Å². The van der Waals surface area contributed by atoms with Crippen LogP contribution >= 0.6 is 0 Å². The average molecular weight is 227 g/mol. The number of methoxy groups -OCH3 is 1. The third-order valence-corrected chi connectivity index (χ3v) is 2.31. The van der Waals surface area contributed by atoms with Crippen LogP contribution in [-0.4, -0.2) is 23.2 Å². The fourth-order valence-electron chi connectivity index (χ4n) is 1.45. The molecule has 84 valence electrons. The van der Waals surface area contributed by atoms with Crippen LogP contribution in [0, 0.1) is 11.3 Å². The monoisotopic (exact) mass is 227 g/mol. The Morgan fingerprint density at radius 2 is 2.35 bits per heavy atom. The van der Waals surface area contributed by atoms with Crippen LogP contribution in [0.4, 0.5) is 0 Å². The summed E-state index contributed by atoms with van der Waals surface area (Å²) in [7, 11) is 1.55. The minimum Gasteiger partial charge on any atom is -0.497 e. The van der Waals surface area contributed by atoms with E-state index in [0.717, 1.165) is 0 Å². The van der Waals surface area contributed by atoms with E-state index in [9.17, 15) is 4.79 Å². The van der Waals surface area contributed by atoms with Crippen molar-refractivity contribution >= 4 is 6.29 Å². The summed E-state index contributed by atoms with van der Waals surface area (Å²) < 4.78 is 6.57. The molecule has 0 radical (unpaired) electrons. The molecule has 0 N–H and O–H groups in total. The van der Waals surface area contributed by atoms with Gasteiger partial charge in [-0.05, 0) is 12.1 Å². The summed E-state index contributed by atoms with van der Waals surface area (Å²) in [5.41, 5.74) is 1.50. The molecule has 1 aromatic heterocycles. The number of aldehydes is 1. The molecule has 0 saturated heterocycles. The van der Waals surface area contributed by atoms with Crippen LogP contribution in [0.2, 0.25) is 0 Å². The zero-order valence-corrected chi connectivity index (χ0v) is 9.12. The molecule has 0 aliphatic heterocycles. The molecule has 0 atom stereocenters. The molecule has 17 heavy (non-hydrogen) atoms. The summed E-state index contributed by atoms with van der Waals surface area (Å²) in [6.07, 6.45) is 3.70. The normalized spacial score (nSPS) is 9.65. The Hall–Kier alpha value is -2.61. The smallest absolute Gasteiger partial charge is 0.153 e. The maximum absolute atomic E-state index is 10.6. The molecule has 0 amide bonds. The number of nitriles is 1. The van der Waals surface area contributed by atoms with Crippen molar-refractivity contribution in [3.05, 3.63) is 41.7 Å². The molecule has 1 heterocycles. The highest BCUT2D eigenvalue weighted by atomic mass is 16.5. The fraction of sp³-hybridized carbons (Fsp3) is 0.0833. The van der Waals surface area contributed by atoms with Gasteiger partial charge in [-0.25, -0.2) is 4.68 Å². The van der Waals surface area contributed by atoms with Crippen LogP contribution < -0.4 is 4.74 Å². The molecule has 5 nitrogen and oxygen atoms in total. The van der Waals surface area contributed by atoms with E-state index < -0.39 is 0 Å². The Morgan fingerprint density at radius 3 is 2.94 bits per heavy atom. The SMILES string of the molecule is COc1ccc(C#N)c(-n2cc(C=O)cn2)c1. The standard InChI is InChI=1S/C12H9N3O2/c1-17-11-3-2-10(5-13)12(4-11)15-7-9(8-16)6-14-15/h2-4,6-8H,1H3. The van der Waals surface area contributed by atoms with E-state index >= 15 is 0 Å². The minimum absolute atomic E-state index is 0.455. The van der Waals surface area contributed by atoms with Gasteiger partial charge in [0.2, 0.25) is 0 Å². The number of hydrogen-bond acceptors (Lipinski definition) is 4. The van der Waals surface area contributed by atoms with Gasteiger partial charge in [0.25, 0.3) is 0 Å². The Kier molecular flexibility index (Phi) is 2.88. The van der Waals surface area contributed by atoms with Crippen LogP contribution in [-0.2, 0) is 0 Å². The van der Waals surface area contributed by atoms with Crippen molar-refractivity contribution in [1.82, 2.24) is 9.78 Å². The van der Waals surface area contributed by atoms with Crippen molar-refractivity contribution in [3.63, 3.8) is 0 Å². The lowest BCUT2D eigenvalue weighted by Crippen LogP contribution is -1.98. The van der Waals surface area contributed by atoms with E-state index in [0.29, 0.717) is 28.8 Å². The van der Waals surface area contributed by atoms with Crippen molar-refractivity contribution in [3.8, 4) is 17.5 Å². The molecule has 1 aromatic carbocycles. The predicted octanol–water partition coefficient (Wildman–Crippen LogP) is 1.57. The number of rotatable bonds is 3. The fourth-order valence-corrected chi connectivity index (χ4v) is 1.45. The van der Waals surface area contributed by atoms with Crippen molar-refractivity contribution < 1.29 is 9.53 Å². The average Bonchev–Trinajstić information content (AvgIpc) is 2.86. The summed E-state index contributed by atoms with van der Waals surface area (Å²) >= 11 is 0. The van der Waals surface area contributed by atoms with Crippen LogP contribution in [0.1, 0.15) is 15.9 Å². The Labute approximate surface area is 97.9 Å². The topological polar surface area (TPSA) is 67.9 Å². The van der Waals surface area contributed by atoms with Gasteiger partial charge in [-0.2, -0.15) is 10.4 Å². The Balaban J connectivity index is 2.56. The molecule has 0 unspecified atom stereocenters. The highest BCUT2D eigenvalue weighted by molar-refractivity contribution is 5.73. The summed E-state index contributed by atoms with van der Waals surface area (Å²) in [5.74, 6) is 0.627. The predicted molar refractivity (Wildman–Crippen MR) is 60.2 cm³/mol. The molecule has 0 aliphatic rings. The molecule has 2 rings (SSSR count). The van der Waals surface area contributed by atoms with E-state index in [1.54, 1.807) is 31.5 Å². The van der Waals surface area contributed by atoms with E-state index in [2.05, 4.69) is 11.2 Å². The molecule has 0 saturated carbocycles. The number of ether oxygens (including phenoxy) is 1. The molecule has 0 aliphatic carbocycles. The molecule has 0 bridgehead atoms. The summed E-state index contributed by atoms with van der Waals surface area (Å²) in [6.45, 7) is 0. The zero-order valence-electron chi connectivity index (χ0n) is 9.12. The first kappa shape index (κ1) is 10.9.